The number of ether oxygens (including phenoxy) is 1. The van der Waals surface area contributed by atoms with Crippen LogP contribution in [0.3, 0.4) is 0 Å². The number of benzene rings is 2. The van der Waals surface area contributed by atoms with Crippen LogP contribution in [-0.4, -0.2) is 34.7 Å². The summed E-state index contributed by atoms with van der Waals surface area (Å²) in [6, 6.07) is 16.4. The molecule has 3 aromatic rings. The van der Waals surface area contributed by atoms with E-state index in [2.05, 4.69) is 20.6 Å². The van der Waals surface area contributed by atoms with Gasteiger partial charge in [-0.15, -0.1) is 0 Å². The summed E-state index contributed by atoms with van der Waals surface area (Å²) in [7, 11) is 1.64. The molecule has 0 aliphatic rings. The summed E-state index contributed by atoms with van der Waals surface area (Å²) >= 11 is 0. The molecule has 0 radical (unpaired) electrons. The molecule has 0 saturated carbocycles. The highest BCUT2D eigenvalue weighted by atomic mass is 16.5. The molecule has 2 aromatic carbocycles. The number of rotatable bonds is 8. The van der Waals surface area contributed by atoms with Crippen LogP contribution in [0.1, 0.15) is 21.6 Å². The normalized spacial score (nSPS) is 10.4. The predicted molar refractivity (Wildman–Crippen MR) is 109 cm³/mol. The van der Waals surface area contributed by atoms with Gasteiger partial charge >= 0.3 is 5.97 Å². The summed E-state index contributed by atoms with van der Waals surface area (Å²) < 4.78 is 5.16. The lowest BCUT2D eigenvalue weighted by atomic mass is 10.1. The fourth-order valence-corrected chi connectivity index (χ4v) is 2.74. The summed E-state index contributed by atoms with van der Waals surface area (Å²) in [4.78, 5) is 20.2. The molecule has 0 fully saturated rings. The maximum absolute atomic E-state index is 11.4. The largest absolute Gasteiger partial charge is 0.497 e. The van der Waals surface area contributed by atoms with Crippen molar-refractivity contribution in [2.45, 2.75) is 13.3 Å². The third kappa shape index (κ3) is 4.97. The standard InChI is InChI=1S/C21H22N4O3/c1-14-13-19(24-18-6-4-3-5-17(18)20(26)27)25-21(23-14)22-12-11-15-7-9-16(28-2)10-8-15/h3-10,13H,11-12H2,1-2H3,(H,26,27)(H2,22,23,24,25). The van der Waals surface area contributed by atoms with E-state index in [0.717, 1.165) is 17.9 Å². The zero-order chi connectivity index (χ0) is 19.9. The highest BCUT2D eigenvalue weighted by molar-refractivity contribution is 5.95. The number of aromatic nitrogens is 2. The number of nitrogens with zero attached hydrogens (tertiary/aromatic N) is 2. The van der Waals surface area contributed by atoms with Crippen LogP contribution in [0.5, 0.6) is 5.75 Å². The van der Waals surface area contributed by atoms with Crippen LogP contribution in [0, 0.1) is 6.92 Å². The number of carbonyl (C=O) groups is 1. The molecule has 0 spiro atoms. The Morgan fingerprint density at radius 1 is 1.11 bits per heavy atom. The number of para-hydroxylation sites is 1. The van der Waals surface area contributed by atoms with E-state index in [1.54, 1.807) is 37.4 Å². The first kappa shape index (κ1) is 19.2. The van der Waals surface area contributed by atoms with Gasteiger partial charge in [-0.25, -0.2) is 9.78 Å². The van der Waals surface area contributed by atoms with Crippen LogP contribution in [0.25, 0.3) is 0 Å². The van der Waals surface area contributed by atoms with E-state index < -0.39 is 5.97 Å². The van der Waals surface area contributed by atoms with E-state index >= 15 is 0 Å². The second-order valence-corrected chi connectivity index (χ2v) is 6.22. The second kappa shape index (κ2) is 8.85. The van der Waals surface area contributed by atoms with Crippen LogP contribution >= 0.6 is 0 Å². The number of aryl methyl sites for hydroxylation is 1. The average Bonchev–Trinajstić information content (AvgIpc) is 2.68. The molecule has 1 aromatic heterocycles. The minimum absolute atomic E-state index is 0.188. The van der Waals surface area contributed by atoms with E-state index in [4.69, 9.17) is 4.74 Å². The average molecular weight is 378 g/mol. The van der Waals surface area contributed by atoms with E-state index in [1.807, 2.05) is 31.2 Å². The smallest absolute Gasteiger partial charge is 0.337 e. The lowest BCUT2D eigenvalue weighted by Gasteiger charge is -2.11. The van der Waals surface area contributed by atoms with Gasteiger partial charge in [-0.1, -0.05) is 24.3 Å². The van der Waals surface area contributed by atoms with Gasteiger partial charge in [-0.05, 0) is 43.2 Å². The van der Waals surface area contributed by atoms with E-state index in [1.165, 1.54) is 5.56 Å². The fourth-order valence-electron chi connectivity index (χ4n) is 2.74. The predicted octanol–water partition coefficient (Wildman–Crippen LogP) is 3.89. The van der Waals surface area contributed by atoms with Crippen LogP contribution in [-0.2, 0) is 6.42 Å². The van der Waals surface area contributed by atoms with Crippen molar-refractivity contribution in [3.8, 4) is 5.75 Å². The summed E-state index contributed by atoms with van der Waals surface area (Å²) in [5.74, 6) is 0.861. The molecular formula is C21H22N4O3. The number of hydrogen-bond acceptors (Lipinski definition) is 6. The monoisotopic (exact) mass is 378 g/mol. The van der Waals surface area contributed by atoms with Gasteiger partial charge in [-0.3, -0.25) is 0 Å². The summed E-state index contributed by atoms with van der Waals surface area (Å²) in [5.41, 5.74) is 2.62. The fraction of sp³-hybridized carbons (Fsp3) is 0.190. The van der Waals surface area contributed by atoms with Gasteiger partial charge < -0.3 is 20.5 Å². The maximum atomic E-state index is 11.4. The number of methoxy groups -OCH3 is 1. The molecule has 3 N–H and O–H groups in total. The minimum Gasteiger partial charge on any atom is -0.497 e. The van der Waals surface area contributed by atoms with Crippen LogP contribution in [0.2, 0.25) is 0 Å². The SMILES string of the molecule is COc1ccc(CCNc2nc(C)cc(Nc3ccccc3C(=O)O)n2)cc1. The van der Waals surface area contributed by atoms with Crippen molar-refractivity contribution in [1.29, 1.82) is 0 Å². The van der Waals surface area contributed by atoms with Gasteiger partial charge in [0, 0.05) is 18.3 Å². The number of hydrogen-bond donors (Lipinski definition) is 3. The quantitative estimate of drug-likeness (QED) is 0.547. The topological polar surface area (TPSA) is 96.4 Å². The molecule has 1 heterocycles. The zero-order valence-corrected chi connectivity index (χ0v) is 15.8. The Morgan fingerprint density at radius 2 is 1.86 bits per heavy atom. The van der Waals surface area contributed by atoms with Crippen LogP contribution < -0.4 is 15.4 Å². The first-order valence-electron chi connectivity index (χ1n) is 8.87. The molecule has 0 aliphatic heterocycles. The molecule has 0 bridgehead atoms. The van der Waals surface area contributed by atoms with Crippen molar-refractivity contribution in [3.05, 3.63) is 71.4 Å². The van der Waals surface area contributed by atoms with Gasteiger partial charge in [-0.2, -0.15) is 4.98 Å². The molecule has 7 nitrogen and oxygen atoms in total. The number of carboxylic acids is 1. The van der Waals surface area contributed by atoms with Crippen molar-refractivity contribution in [2.24, 2.45) is 0 Å². The molecule has 7 heteroatoms. The van der Waals surface area contributed by atoms with Gasteiger partial charge in [0.05, 0.1) is 18.4 Å². The Morgan fingerprint density at radius 3 is 2.57 bits per heavy atom. The van der Waals surface area contributed by atoms with E-state index in [-0.39, 0.29) is 5.56 Å². The second-order valence-electron chi connectivity index (χ2n) is 6.22. The Hall–Kier alpha value is -3.61. The Balaban J connectivity index is 1.67. The third-order valence-corrected chi connectivity index (χ3v) is 4.13. The van der Waals surface area contributed by atoms with Gasteiger partial charge in [0.1, 0.15) is 11.6 Å². The zero-order valence-electron chi connectivity index (χ0n) is 15.8. The van der Waals surface area contributed by atoms with Gasteiger partial charge in [0.2, 0.25) is 5.95 Å². The number of nitrogens with one attached hydrogen (secondary N) is 2. The molecule has 3 rings (SSSR count). The minimum atomic E-state index is -0.994. The van der Waals surface area contributed by atoms with Crippen molar-refractivity contribution in [1.82, 2.24) is 9.97 Å². The number of carboxylic acid groups (broad SMARTS) is 1. The van der Waals surface area contributed by atoms with Crippen LogP contribution in [0.4, 0.5) is 17.5 Å². The first-order valence-corrected chi connectivity index (χ1v) is 8.87. The molecule has 0 amide bonds. The number of anilines is 3. The van der Waals surface area contributed by atoms with Crippen LogP contribution in [0.15, 0.2) is 54.6 Å². The molecule has 0 unspecified atom stereocenters. The molecule has 144 valence electrons. The Labute approximate surface area is 163 Å². The highest BCUT2D eigenvalue weighted by Crippen LogP contribution is 2.21. The summed E-state index contributed by atoms with van der Waals surface area (Å²) in [5, 5.41) is 15.6. The molecule has 28 heavy (non-hydrogen) atoms. The van der Waals surface area contributed by atoms with Crippen molar-refractivity contribution in [2.75, 3.05) is 24.3 Å². The van der Waals surface area contributed by atoms with Gasteiger partial charge in [0.15, 0.2) is 0 Å². The number of aromatic carboxylic acids is 1. The lowest BCUT2D eigenvalue weighted by Crippen LogP contribution is -2.10. The summed E-state index contributed by atoms with van der Waals surface area (Å²) in [6.07, 6.45) is 0.811. The molecular weight excluding hydrogens is 356 g/mol. The third-order valence-electron chi connectivity index (χ3n) is 4.13. The first-order chi connectivity index (χ1) is 13.5. The molecule has 0 atom stereocenters. The maximum Gasteiger partial charge on any atom is 0.337 e. The summed E-state index contributed by atoms with van der Waals surface area (Å²) in [6.45, 7) is 2.53. The Bertz CT molecular complexity index is 958. The van der Waals surface area contributed by atoms with E-state index in [0.29, 0.717) is 24.0 Å². The molecule has 0 saturated heterocycles. The molecule has 0 aliphatic carbocycles. The van der Waals surface area contributed by atoms with Crippen molar-refractivity contribution in [3.63, 3.8) is 0 Å². The van der Waals surface area contributed by atoms with Crippen molar-refractivity contribution < 1.29 is 14.6 Å². The van der Waals surface area contributed by atoms with Crippen molar-refractivity contribution >= 4 is 23.4 Å². The Kier molecular flexibility index (Phi) is 6.06. The highest BCUT2D eigenvalue weighted by Gasteiger charge is 2.10. The van der Waals surface area contributed by atoms with E-state index in [9.17, 15) is 9.90 Å². The van der Waals surface area contributed by atoms with Gasteiger partial charge in [0.25, 0.3) is 0 Å². The lowest BCUT2D eigenvalue weighted by molar-refractivity contribution is 0.0698.